The van der Waals surface area contributed by atoms with E-state index in [4.69, 9.17) is 5.73 Å². The minimum absolute atomic E-state index is 0.0301. The summed E-state index contributed by atoms with van der Waals surface area (Å²) in [7, 11) is 0. The highest BCUT2D eigenvalue weighted by atomic mass is 16.3. The van der Waals surface area contributed by atoms with Gasteiger partial charge in [0.2, 0.25) is 17.8 Å². The lowest BCUT2D eigenvalue weighted by Gasteiger charge is -2.27. The number of aliphatic hydroxyl groups excluding tert-OH is 1. The first-order valence-corrected chi connectivity index (χ1v) is 7.24. The van der Waals surface area contributed by atoms with Gasteiger partial charge < -0.3 is 21.1 Å². The van der Waals surface area contributed by atoms with Gasteiger partial charge in [0.05, 0.1) is 12.6 Å². The Bertz CT molecular complexity index is 433. The molecule has 7 nitrogen and oxygen atoms in total. The summed E-state index contributed by atoms with van der Waals surface area (Å²) in [6.07, 6.45) is 3.56. The number of rotatable bonds is 5. The Hall–Kier alpha value is -1.63. The molecule has 0 unspecified atom stereocenters. The Morgan fingerprint density at radius 1 is 1.20 bits per heavy atom. The lowest BCUT2D eigenvalue weighted by molar-refractivity contribution is 0.248. The fourth-order valence-corrected chi connectivity index (χ4v) is 2.27. The van der Waals surface area contributed by atoms with Crippen molar-refractivity contribution >= 4 is 17.8 Å². The Kier molecular flexibility index (Phi) is 4.94. The predicted molar refractivity (Wildman–Crippen MR) is 79.6 cm³/mol. The van der Waals surface area contributed by atoms with Crippen molar-refractivity contribution in [3.05, 3.63) is 0 Å². The van der Waals surface area contributed by atoms with Crippen LogP contribution in [0.25, 0.3) is 0 Å². The second-order valence-corrected chi connectivity index (χ2v) is 5.54. The number of anilines is 3. The molecule has 0 amide bonds. The van der Waals surface area contributed by atoms with Crippen LogP contribution in [0.1, 0.15) is 33.1 Å². The van der Waals surface area contributed by atoms with Crippen LogP contribution in [0, 0.1) is 5.92 Å². The largest absolute Gasteiger partial charge is 0.394 e. The number of nitrogens with one attached hydrogen (secondary N) is 1. The van der Waals surface area contributed by atoms with Gasteiger partial charge in [-0.25, -0.2) is 0 Å². The first-order chi connectivity index (χ1) is 9.60. The van der Waals surface area contributed by atoms with Gasteiger partial charge >= 0.3 is 0 Å². The Labute approximate surface area is 119 Å². The first-order valence-electron chi connectivity index (χ1n) is 7.24. The van der Waals surface area contributed by atoms with Crippen LogP contribution in [0.15, 0.2) is 0 Å². The van der Waals surface area contributed by atoms with Crippen LogP contribution in [0.3, 0.4) is 0 Å². The molecule has 1 atom stereocenters. The van der Waals surface area contributed by atoms with Crippen molar-refractivity contribution in [1.82, 2.24) is 15.0 Å². The van der Waals surface area contributed by atoms with E-state index in [-0.39, 0.29) is 24.5 Å². The van der Waals surface area contributed by atoms with Gasteiger partial charge in [-0.15, -0.1) is 0 Å². The maximum atomic E-state index is 9.37. The van der Waals surface area contributed by atoms with Crippen LogP contribution in [0.2, 0.25) is 0 Å². The van der Waals surface area contributed by atoms with Gasteiger partial charge in [0, 0.05) is 13.1 Å². The van der Waals surface area contributed by atoms with Crippen molar-refractivity contribution in [2.45, 2.75) is 39.2 Å². The van der Waals surface area contributed by atoms with E-state index in [1.807, 2.05) is 13.8 Å². The van der Waals surface area contributed by atoms with E-state index >= 15 is 0 Å². The maximum absolute atomic E-state index is 9.37. The van der Waals surface area contributed by atoms with Crippen molar-refractivity contribution in [1.29, 1.82) is 0 Å². The van der Waals surface area contributed by atoms with E-state index in [0.29, 0.717) is 11.9 Å². The van der Waals surface area contributed by atoms with Gasteiger partial charge in [-0.2, -0.15) is 15.0 Å². The molecule has 7 heteroatoms. The molecule has 0 bridgehead atoms. The topological polar surface area (TPSA) is 100 Å². The number of nitrogens with two attached hydrogens (primary N) is 1. The van der Waals surface area contributed by atoms with Crippen molar-refractivity contribution in [2.75, 3.05) is 35.6 Å². The zero-order valence-electron chi connectivity index (χ0n) is 12.2. The van der Waals surface area contributed by atoms with Crippen LogP contribution in [0.4, 0.5) is 17.8 Å². The van der Waals surface area contributed by atoms with Crippen LogP contribution >= 0.6 is 0 Å². The van der Waals surface area contributed by atoms with E-state index in [0.717, 1.165) is 25.9 Å². The quantitative estimate of drug-likeness (QED) is 0.736. The first kappa shape index (κ1) is 14.8. The standard InChI is InChI=1S/C13H24N6O/c1-9(2)10(8-20)15-12-16-11(14)17-13(18-12)19-6-4-3-5-7-19/h9-10,20H,3-8H2,1-2H3,(H3,14,15,16,17,18)/t10-/m1/s1. The average molecular weight is 280 g/mol. The molecule has 1 saturated heterocycles. The molecular formula is C13H24N6O. The SMILES string of the molecule is CC(C)[C@@H](CO)Nc1nc(N)nc(N2CCCCC2)n1. The van der Waals surface area contributed by atoms with Crippen molar-refractivity contribution in [2.24, 2.45) is 5.92 Å². The summed E-state index contributed by atoms with van der Waals surface area (Å²) in [6, 6.07) is -0.0917. The molecule has 4 N–H and O–H groups in total. The summed E-state index contributed by atoms with van der Waals surface area (Å²) in [5.41, 5.74) is 5.77. The molecule has 2 rings (SSSR count). The number of nitrogen functional groups attached to an aromatic ring is 1. The maximum Gasteiger partial charge on any atom is 0.231 e. The van der Waals surface area contributed by atoms with Gasteiger partial charge in [-0.05, 0) is 25.2 Å². The summed E-state index contributed by atoms with van der Waals surface area (Å²) < 4.78 is 0. The second-order valence-electron chi connectivity index (χ2n) is 5.54. The average Bonchev–Trinajstić information content (AvgIpc) is 2.45. The molecule has 0 aliphatic carbocycles. The molecule has 1 aliphatic heterocycles. The molecule has 1 aliphatic rings. The Morgan fingerprint density at radius 2 is 1.90 bits per heavy atom. The molecule has 112 valence electrons. The zero-order chi connectivity index (χ0) is 14.5. The van der Waals surface area contributed by atoms with Gasteiger partial charge in [0.15, 0.2) is 0 Å². The van der Waals surface area contributed by atoms with E-state index in [9.17, 15) is 5.11 Å². The summed E-state index contributed by atoms with van der Waals surface area (Å²) in [4.78, 5) is 14.9. The fraction of sp³-hybridized carbons (Fsp3) is 0.769. The third-order valence-electron chi connectivity index (χ3n) is 3.60. The highest BCUT2D eigenvalue weighted by Crippen LogP contribution is 2.18. The zero-order valence-corrected chi connectivity index (χ0v) is 12.2. The van der Waals surface area contributed by atoms with Gasteiger partial charge in [-0.3, -0.25) is 0 Å². The molecule has 20 heavy (non-hydrogen) atoms. The monoisotopic (exact) mass is 280 g/mol. The molecular weight excluding hydrogens is 256 g/mol. The van der Waals surface area contributed by atoms with Gasteiger partial charge in [-0.1, -0.05) is 13.8 Å². The Morgan fingerprint density at radius 3 is 2.50 bits per heavy atom. The summed E-state index contributed by atoms with van der Waals surface area (Å²) in [5, 5.41) is 12.5. The predicted octanol–water partition coefficient (Wildman–Crippen LogP) is 0.873. The highest BCUT2D eigenvalue weighted by Gasteiger charge is 2.18. The van der Waals surface area contributed by atoms with E-state index in [2.05, 4.69) is 25.2 Å². The third kappa shape index (κ3) is 3.69. The van der Waals surface area contributed by atoms with Crippen LogP contribution in [-0.2, 0) is 0 Å². The minimum atomic E-state index is -0.0917. The second kappa shape index (κ2) is 6.69. The van der Waals surface area contributed by atoms with Gasteiger partial charge in [0.25, 0.3) is 0 Å². The third-order valence-corrected chi connectivity index (χ3v) is 3.60. The van der Waals surface area contributed by atoms with E-state index < -0.39 is 0 Å². The summed E-state index contributed by atoms with van der Waals surface area (Å²) in [6.45, 7) is 6.00. The lowest BCUT2D eigenvalue weighted by atomic mass is 10.1. The molecule has 1 aromatic heterocycles. The van der Waals surface area contributed by atoms with E-state index in [1.54, 1.807) is 0 Å². The van der Waals surface area contributed by atoms with Crippen molar-refractivity contribution in [3.8, 4) is 0 Å². The number of hydrogen-bond acceptors (Lipinski definition) is 7. The molecule has 0 radical (unpaired) electrons. The summed E-state index contributed by atoms with van der Waals surface area (Å²) >= 11 is 0. The number of hydrogen-bond donors (Lipinski definition) is 3. The smallest absolute Gasteiger partial charge is 0.231 e. The Balaban J connectivity index is 2.15. The highest BCUT2D eigenvalue weighted by molar-refractivity contribution is 5.42. The number of aliphatic hydroxyl groups is 1. The van der Waals surface area contributed by atoms with Crippen molar-refractivity contribution in [3.63, 3.8) is 0 Å². The summed E-state index contributed by atoms with van der Waals surface area (Å²) in [5.74, 6) is 1.55. The van der Waals surface area contributed by atoms with Crippen LogP contribution < -0.4 is 16.0 Å². The minimum Gasteiger partial charge on any atom is -0.394 e. The molecule has 2 heterocycles. The lowest BCUT2D eigenvalue weighted by Crippen LogP contribution is -2.33. The normalized spacial score (nSPS) is 17.3. The van der Waals surface area contributed by atoms with Gasteiger partial charge in [0.1, 0.15) is 0 Å². The van der Waals surface area contributed by atoms with E-state index in [1.165, 1.54) is 6.42 Å². The molecule has 0 saturated carbocycles. The number of nitrogens with zero attached hydrogens (tertiary/aromatic N) is 4. The molecule has 0 spiro atoms. The van der Waals surface area contributed by atoms with Crippen molar-refractivity contribution < 1.29 is 5.11 Å². The fourth-order valence-electron chi connectivity index (χ4n) is 2.27. The molecule has 0 aromatic carbocycles. The molecule has 1 fully saturated rings. The number of piperidine rings is 1. The van der Waals surface area contributed by atoms with Crippen LogP contribution in [-0.4, -0.2) is 45.8 Å². The molecule has 1 aromatic rings. The van der Waals surface area contributed by atoms with Crippen LogP contribution in [0.5, 0.6) is 0 Å². The number of aromatic nitrogens is 3.